The molecule has 0 atom stereocenters. The molecule has 0 aliphatic heterocycles. The molecule has 1 aromatic heterocycles. The van der Waals surface area contributed by atoms with Gasteiger partial charge in [0.2, 0.25) is 0 Å². The summed E-state index contributed by atoms with van der Waals surface area (Å²) in [5.41, 5.74) is 5.20. The van der Waals surface area contributed by atoms with E-state index in [9.17, 15) is 0 Å². The van der Waals surface area contributed by atoms with Crippen LogP contribution in [0.25, 0.3) is 16.9 Å². The van der Waals surface area contributed by atoms with Crippen molar-refractivity contribution in [2.24, 2.45) is 0 Å². The van der Waals surface area contributed by atoms with Gasteiger partial charge in [0.15, 0.2) is 0 Å². The SMILES string of the molecule is Cc1ccc(-n2nc(-c3ccccc3)c(C)c2Cl)cc1. The first kappa shape index (κ1) is 12.9. The van der Waals surface area contributed by atoms with Gasteiger partial charge in [0.05, 0.1) is 11.4 Å². The Labute approximate surface area is 123 Å². The van der Waals surface area contributed by atoms with Gasteiger partial charge in [-0.2, -0.15) is 5.10 Å². The summed E-state index contributed by atoms with van der Waals surface area (Å²) in [6.45, 7) is 4.07. The Morgan fingerprint density at radius 2 is 1.55 bits per heavy atom. The van der Waals surface area contributed by atoms with E-state index in [2.05, 4.69) is 24.2 Å². The van der Waals surface area contributed by atoms with Crippen molar-refractivity contribution in [2.75, 3.05) is 0 Å². The minimum Gasteiger partial charge on any atom is -0.221 e. The first-order chi connectivity index (χ1) is 9.66. The van der Waals surface area contributed by atoms with Gasteiger partial charge in [-0.1, -0.05) is 59.6 Å². The number of aromatic nitrogens is 2. The fourth-order valence-electron chi connectivity index (χ4n) is 2.20. The Hall–Kier alpha value is -2.06. The number of rotatable bonds is 2. The molecule has 1 heterocycles. The Bertz CT molecular complexity index is 728. The molecule has 0 radical (unpaired) electrons. The number of hydrogen-bond donors (Lipinski definition) is 0. The summed E-state index contributed by atoms with van der Waals surface area (Å²) in [6, 6.07) is 18.3. The van der Waals surface area contributed by atoms with Crippen LogP contribution in [0.15, 0.2) is 54.6 Å². The average Bonchev–Trinajstić information content (AvgIpc) is 2.77. The van der Waals surface area contributed by atoms with Crippen LogP contribution in [0, 0.1) is 13.8 Å². The van der Waals surface area contributed by atoms with Gasteiger partial charge in [0, 0.05) is 11.1 Å². The highest BCUT2D eigenvalue weighted by Crippen LogP contribution is 2.29. The second-order valence-corrected chi connectivity index (χ2v) is 5.24. The monoisotopic (exact) mass is 282 g/mol. The van der Waals surface area contributed by atoms with Crippen molar-refractivity contribution in [3.8, 4) is 16.9 Å². The van der Waals surface area contributed by atoms with E-state index >= 15 is 0 Å². The third-order valence-electron chi connectivity index (χ3n) is 3.38. The predicted octanol–water partition coefficient (Wildman–Crippen LogP) is 4.81. The van der Waals surface area contributed by atoms with Crippen molar-refractivity contribution in [1.82, 2.24) is 9.78 Å². The zero-order valence-electron chi connectivity index (χ0n) is 11.5. The van der Waals surface area contributed by atoms with Crippen molar-refractivity contribution < 1.29 is 0 Å². The van der Waals surface area contributed by atoms with Gasteiger partial charge < -0.3 is 0 Å². The van der Waals surface area contributed by atoms with Crippen LogP contribution in [-0.2, 0) is 0 Å². The predicted molar refractivity (Wildman–Crippen MR) is 83.5 cm³/mol. The zero-order chi connectivity index (χ0) is 14.1. The van der Waals surface area contributed by atoms with Crippen LogP contribution in [0.1, 0.15) is 11.1 Å². The van der Waals surface area contributed by atoms with Crippen molar-refractivity contribution in [2.45, 2.75) is 13.8 Å². The maximum atomic E-state index is 6.44. The summed E-state index contributed by atoms with van der Waals surface area (Å²) < 4.78 is 1.79. The summed E-state index contributed by atoms with van der Waals surface area (Å²) in [6.07, 6.45) is 0. The maximum absolute atomic E-state index is 6.44. The molecule has 3 rings (SSSR count). The largest absolute Gasteiger partial charge is 0.221 e. The van der Waals surface area contributed by atoms with Crippen LogP contribution in [0.4, 0.5) is 0 Å². The van der Waals surface area contributed by atoms with Gasteiger partial charge in [-0.05, 0) is 26.0 Å². The average molecular weight is 283 g/mol. The number of hydrogen-bond acceptors (Lipinski definition) is 1. The lowest BCUT2D eigenvalue weighted by atomic mass is 10.1. The molecule has 0 unspecified atom stereocenters. The quantitative estimate of drug-likeness (QED) is 0.659. The molecule has 0 bridgehead atoms. The van der Waals surface area contributed by atoms with E-state index in [0.717, 1.165) is 22.5 Å². The topological polar surface area (TPSA) is 17.8 Å². The van der Waals surface area contributed by atoms with Gasteiger partial charge in [0.25, 0.3) is 0 Å². The van der Waals surface area contributed by atoms with Crippen molar-refractivity contribution in [3.05, 3.63) is 70.9 Å². The summed E-state index contributed by atoms with van der Waals surface area (Å²) >= 11 is 6.44. The molecule has 3 aromatic rings. The number of halogens is 1. The lowest BCUT2D eigenvalue weighted by molar-refractivity contribution is 0.884. The standard InChI is InChI=1S/C17H15ClN2/c1-12-8-10-15(11-9-12)20-17(18)13(2)16(19-20)14-6-4-3-5-7-14/h3-11H,1-2H3. The smallest absolute Gasteiger partial charge is 0.136 e. The van der Waals surface area contributed by atoms with Gasteiger partial charge in [-0.3, -0.25) is 0 Å². The number of nitrogens with zero attached hydrogens (tertiary/aromatic N) is 2. The molecule has 0 spiro atoms. The van der Waals surface area contributed by atoms with Crippen LogP contribution in [0.2, 0.25) is 5.15 Å². The molecular weight excluding hydrogens is 268 g/mol. The summed E-state index contributed by atoms with van der Waals surface area (Å²) in [7, 11) is 0. The fourth-order valence-corrected chi connectivity index (χ4v) is 2.43. The molecule has 0 aliphatic rings. The van der Waals surface area contributed by atoms with Crippen LogP contribution >= 0.6 is 11.6 Å². The summed E-state index contributed by atoms with van der Waals surface area (Å²) in [4.78, 5) is 0. The van der Waals surface area contributed by atoms with E-state index in [-0.39, 0.29) is 0 Å². The minimum atomic E-state index is 0.660. The van der Waals surface area contributed by atoms with E-state index in [1.54, 1.807) is 4.68 Å². The molecule has 2 nitrogen and oxygen atoms in total. The van der Waals surface area contributed by atoms with Crippen LogP contribution in [-0.4, -0.2) is 9.78 Å². The molecule has 0 amide bonds. The summed E-state index contributed by atoms with van der Waals surface area (Å²) in [5.74, 6) is 0. The molecule has 0 fully saturated rings. The highest BCUT2D eigenvalue weighted by atomic mass is 35.5. The molecule has 0 saturated heterocycles. The molecule has 20 heavy (non-hydrogen) atoms. The second kappa shape index (κ2) is 5.14. The maximum Gasteiger partial charge on any atom is 0.136 e. The molecule has 0 saturated carbocycles. The second-order valence-electron chi connectivity index (χ2n) is 4.88. The lowest BCUT2D eigenvalue weighted by Gasteiger charge is -2.03. The van der Waals surface area contributed by atoms with E-state index in [4.69, 9.17) is 11.6 Å². The van der Waals surface area contributed by atoms with Crippen molar-refractivity contribution in [3.63, 3.8) is 0 Å². The first-order valence-electron chi connectivity index (χ1n) is 6.54. The van der Waals surface area contributed by atoms with Crippen molar-refractivity contribution >= 4 is 11.6 Å². The molecular formula is C17H15ClN2. The zero-order valence-corrected chi connectivity index (χ0v) is 12.2. The Kier molecular flexibility index (Phi) is 3.33. The van der Waals surface area contributed by atoms with Gasteiger partial charge in [0.1, 0.15) is 5.15 Å². The summed E-state index contributed by atoms with van der Waals surface area (Å²) in [5, 5.41) is 5.32. The molecule has 3 heteroatoms. The Morgan fingerprint density at radius 3 is 2.20 bits per heavy atom. The van der Waals surface area contributed by atoms with Crippen LogP contribution in [0.3, 0.4) is 0 Å². The van der Waals surface area contributed by atoms with E-state index in [0.29, 0.717) is 5.15 Å². The molecule has 0 aliphatic carbocycles. The van der Waals surface area contributed by atoms with Gasteiger partial charge in [-0.15, -0.1) is 0 Å². The first-order valence-corrected chi connectivity index (χ1v) is 6.92. The van der Waals surface area contributed by atoms with Gasteiger partial charge >= 0.3 is 0 Å². The Balaban J connectivity index is 2.13. The molecule has 100 valence electrons. The normalized spacial score (nSPS) is 10.8. The van der Waals surface area contributed by atoms with Crippen LogP contribution in [0.5, 0.6) is 0 Å². The van der Waals surface area contributed by atoms with Crippen LogP contribution < -0.4 is 0 Å². The number of aryl methyl sites for hydroxylation is 1. The van der Waals surface area contributed by atoms with E-state index < -0.39 is 0 Å². The molecule has 0 N–H and O–H groups in total. The number of benzene rings is 2. The highest BCUT2D eigenvalue weighted by molar-refractivity contribution is 6.31. The third kappa shape index (κ3) is 2.23. The Morgan fingerprint density at radius 1 is 0.900 bits per heavy atom. The van der Waals surface area contributed by atoms with Gasteiger partial charge in [-0.25, -0.2) is 4.68 Å². The minimum absolute atomic E-state index is 0.660. The van der Waals surface area contributed by atoms with E-state index in [1.807, 2.05) is 49.4 Å². The van der Waals surface area contributed by atoms with E-state index in [1.165, 1.54) is 5.56 Å². The lowest BCUT2D eigenvalue weighted by Crippen LogP contribution is -1.96. The molecule has 2 aromatic carbocycles. The third-order valence-corrected chi connectivity index (χ3v) is 3.82. The van der Waals surface area contributed by atoms with Crippen molar-refractivity contribution in [1.29, 1.82) is 0 Å². The highest BCUT2D eigenvalue weighted by Gasteiger charge is 2.14. The fraction of sp³-hybridized carbons (Fsp3) is 0.118.